The summed E-state index contributed by atoms with van der Waals surface area (Å²) in [4.78, 5) is 45.1. The van der Waals surface area contributed by atoms with Crippen molar-refractivity contribution >= 4 is 29.2 Å². The molecule has 1 aliphatic carbocycles. The highest BCUT2D eigenvalue weighted by atomic mass is 19.1. The summed E-state index contributed by atoms with van der Waals surface area (Å²) in [6.45, 7) is 3.33. The van der Waals surface area contributed by atoms with Crippen LogP contribution in [-0.4, -0.2) is 46.2 Å². The second-order valence-electron chi connectivity index (χ2n) is 11.0. The first-order valence-electron chi connectivity index (χ1n) is 12.8. The molecule has 0 saturated carbocycles. The highest BCUT2D eigenvalue weighted by Crippen LogP contribution is 2.47. The number of rotatable bonds is 4. The van der Waals surface area contributed by atoms with Crippen molar-refractivity contribution in [2.75, 3.05) is 23.7 Å². The lowest BCUT2D eigenvalue weighted by Crippen LogP contribution is -2.63. The van der Waals surface area contributed by atoms with E-state index in [1.54, 1.807) is 26.1 Å². The van der Waals surface area contributed by atoms with Gasteiger partial charge in [0.15, 0.2) is 0 Å². The van der Waals surface area contributed by atoms with Crippen LogP contribution in [0.25, 0.3) is 0 Å². The molecule has 10 heteroatoms. The molecule has 1 fully saturated rings. The van der Waals surface area contributed by atoms with Gasteiger partial charge in [0.25, 0.3) is 0 Å². The Morgan fingerprint density at radius 1 is 1.08 bits per heavy atom. The van der Waals surface area contributed by atoms with E-state index in [2.05, 4.69) is 20.9 Å². The number of aromatic nitrogens is 1. The molecule has 0 unspecified atom stereocenters. The standard InChI is InChI=1S/C29H27F2N5O3/c1-28(2)27(39)36(23(14-33-28)17-8-19(30)11-20(31)9-17)15-24(37)34-21-6-5-16-12-29(13-18(16)10-21)22-4-3-7-32-25(22)35-26(29)38/h3-11,23,33H,12-15H2,1-2H3,(H,34,37)(H,32,35,38)/t23-,29-/m1/s1. The summed E-state index contributed by atoms with van der Waals surface area (Å²) in [5.41, 5.74) is 1.98. The third kappa shape index (κ3) is 4.24. The van der Waals surface area contributed by atoms with Gasteiger partial charge in [0.05, 0.1) is 17.0 Å². The zero-order valence-electron chi connectivity index (χ0n) is 21.5. The smallest absolute Gasteiger partial charge is 0.244 e. The Kier molecular flexibility index (Phi) is 5.76. The number of nitrogens with one attached hydrogen (secondary N) is 3. The summed E-state index contributed by atoms with van der Waals surface area (Å²) in [6, 6.07) is 11.7. The third-order valence-electron chi connectivity index (χ3n) is 7.96. The molecule has 3 heterocycles. The van der Waals surface area contributed by atoms with Gasteiger partial charge in [-0.15, -0.1) is 0 Å². The zero-order chi connectivity index (χ0) is 27.5. The van der Waals surface area contributed by atoms with Gasteiger partial charge >= 0.3 is 0 Å². The van der Waals surface area contributed by atoms with Gasteiger partial charge < -0.3 is 20.9 Å². The number of fused-ring (bicyclic) bond motifs is 3. The molecule has 8 nitrogen and oxygen atoms in total. The average molecular weight is 532 g/mol. The SMILES string of the molecule is CC1(C)NC[C@H](c2cc(F)cc(F)c2)N(CC(=O)Nc2ccc3c(c2)C[C@@]2(C3)C(=O)Nc3ncccc32)C1=O. The molecular formula is C29H27F2N5O3. The molecule has 2 aromatic carbocycles. The molecule has 200 valence electrons. The summed E-state index contributed by atoms with van der Waals surface area (Å²) < 4.78 is 27.9. The molecule has 0 bridgehead atoms. The summed E-state index contributed by atoms with van der Waals surface area (Å²) >= 11 is 0. The van der Waals surface area contributed by atoms with Gasteiger partial charge in [-0.05, 0) is 73.7 Å². The number of nitrogens with zero attached hydrogens (tertiary/aromatic N) is 2. The molecule has 39 heavy (non-hydrogen) atoms. The number of anilines is 2. The minimum absolute atomic E-state index is 0.0855. The van der Waals surface area contributed by atoms with Gasteiger partial charge in [-0.1, -0.05) is 12.1 Å². The van der Waals surface area contributed by atoms with Crippen molar-refractivity contribution in [3.8, 4) is 0 Å². The number of piperazine rings is 1. The van der Waals surface area contributed by atoms with Crippen LogP contribution in [0.3, 0.4) is 0 Å². The molecule has 3 N–H and O–H groups in total. The number of carbonyl (C=O) groups is 3. The molecule has 3 aliphatic rings. The van der Waals surface area contributed by atoms with Crippen LogP contribution >= 0.6 is 0 Å². The predicted molar refractivity (Wildman–Crippen MR) is 140 cm³/mol. The maximum Gasteiger partial charge on any atom is 0.244 e. The largest absolute Gasteiger partial charge is 0.325 e. The Balaban J connectivity index is 1.22. The topological polar surface area (TPSA) is 103 Å². The molecule has 6 rings (SSSR count). The van der Waals surface area contributed by atoms with E-state index in [-0.39, 0.29) is 30.5 Å². The Bertz CT molecular complexity index is 1520. The number of amides is 3. The number of hydrogen-bond donors (Lipinski definition) is 3. The minimum atomic E-state index is -0.947. The molecule has 1 saturated heterocycles. The van der Waals surface area contributed by atoms with Crippen molar-refractivity contribution in [3.05, 3.63) is 88.6 Å². The molecule has 3 aromatic rings. The highest BCUT2D eigenvalue weighted by molar-refractivity contribution is 6.06. The van der Waals surface area contributed by atoms with Crippen molar-refractivity contribution in [2.24, 2.45) is 0 Å². The van der Waals surface area contributed by atoms with Crippen molar-refractivity contribution in [1.82, 2.24) is 15.2 Å². The molecule has 2 aliphatic heterocycles. The zero-order valence-corrected chi connectivity index (χ0v) is 21.5. The quantitative estimate of drug-likeness (QED) is 0.480. The Morgan fingerprint density at radius 2 is 1.82 bits per heavy atom. The maximum absolute atomic E-state index is 14.0. The Labute approximate surface area is 223 Å². The van der Waals surface area contributed by atoms with Crippen LogP contribution in [0.4, 0.5) is 20.3 Å². The highest BCUT2D eigenvalue weighted by Gasteiger charge is 2.51. The van der Waals surface area contributed by atoms with Gasteiger partial charge in [-0.2, -0.15) is 0 Å². The fourth-order valence-corrected chi connectivity index (χ4v) is 5.99. The van der Waals surface area contributed by atoms with E-state index < -0.39 is 34.5 Å². The van der Waals surface area contributed by atoms with Crippen LogP contribution in [0.15, 0.2) is 54.7 Å². The normalized spacial score (nSPS) is 23.0. The first kappa shape index (κ1) is 25.1. The second kappa shape index (κ2) is 8.94. The lowest BCUT2D eigenvalue weighted by atomic mass is 9.79. The minimum Gasteiger partial charge on any atom is -0.325 e. The number of benzene rings is 2. The van der Waals surface area contributed by atoms with Crippen LogP contribution in [0.5, 0.6) is 0 Å². The second-order valence-corrected chi connectivity index (χ2v) is 11.0. The fraction of sp³-hybridized carbons (Fsp3) is 0.310. The van der Waals surface area contributed by atoms with E-state index in [0.29, 0.717) is 24.3 Å². The van der Waals surface area contributed by atoms with E-state index in [4.69, 9.17) is 0 Å². The summed E-state index contributed by atoms with van der Waals surface area (Å²) in [5, 5.41) is 8.85. The number of hydrogen-bond acceptors (Lipinski definition) is 5. The van der Waals surface area contributed by atoms with Crippen molar-refractivity contribution < 1.29 is 23.2 Å². The summed E-state index contributed by atoms with van der Waals surface area (Å²) in [5.74, 6) is -1.80. The maximum atomic E-state index is 14.0. The van der Waals surface area contributed by atoms with Crippen molar-refractivity contribution in [1.29, 1.82) is 0 Å². The van der Waals surface area contributed by atoms with Gasteiger partial charge in [0.2, 0.25) is 17.7 Å². The number of halogens is 2. The van der Waals surface area contributed by atoms with Crippen LogP contribution < -0.4 is 16.0 Å². The van der Waals surface area contributed by atoms with Gasteiger partial charge in [-0.25, -0.2) is 13.8 Å². The number of pyridine rings is 1. The van der Waals surface area contributed by atoms with Crippen molar-refractivity contribution in [2.45, 2.75) is 43.7 Å². The molecule has 1 aromatic heterocycles. The Hall–Kier alpha value is -4.18. The summed E-state index contributed by atoms with van der Waals surface area (Å²) in [6.07, 6.45) is 2.67. The molecule has 3 amide bonds. The van der Waals surface area contributed by atoms with E-state index in [0.717, 1.165) is 22.8 Å². The lowest BCUT2D eigenvalue weighted by molar-refractivity contribution is -0.146. The fourth-order valence-electron chi connectivity index (χ4n) is 5.99. The molecule has 2 atom stereocenters. The first-order chi connectivity index (χ1) is 18.6. The van der Waals surface area contributed by atoms with E-state index >= 15 is 0 Å². The van der Waals surface area contributed by atoms with Gasteiger partial charge in [0, 0.05) is 30.1 Å². The monoisotopic (exact) mass is 531 g/mol. The lowest BCUT2D eigenvalue weighted by Gasteiger charge is -2.43. The number of carbonyl (C=O) groups excluding carboxylic acids is 3. The van der Waals surface area contributed by atoms with E-state index in [9.17, 15) is 23.2 Å². The van der Waals surface area contributed by atoms with Crippen LogP contribution in [0.1, 0.15) is 42.1 Å². The Morgan fingerprint density at radius 3 is 2.59 bits per heavy atom. The van der Waals surface area contributed by atoms with Crippen LogP contribution in [0, 0.1) is 11.6 Å². The van der Waals surface area contributed by atoms with Gasteiger partial charge in [0.1, 0.15) is 24.0 Å². The first-order valence-corrected chi connectivity index (χ1v) is 12.8. The average Bonchev–Trinajstić information content (AvgIpc) is 3.38. The molecule has 1 spiro atoms. The van der Waals surface area contributed by atoms with E-state index in [1.807, 2.05) is 24.3 Å². The van der Waals surface area contributed by atoms with Crippen molar-refractivity contribution in [3.63, 3.8) is 0 Å². The third-order valence-corrected chi connectivity index (χ3v) is 7.96. The summed E-state index contributed by atoms with van der Waals surface area (Å²) in [7, 11) is 0. The van der Waals surface area contributed by atoms with Gasteiger partial charge in [-0.3, -0.25) is 14.4 Å². The van der Waals surface area contributed by atoms with Crippen LogP contribution in [0.2, 0.25) is 0 Å². The van der Waals surface area contributed by atoms with Crippen LogP contribution in [-0.2, 0) is 32.6 Å². The molecular weight excluding hydrogens is 504 g/mol. The molecule has 0 radical (unpaired) electrons. The predicted octanol–water partition coefficient (Wildman–Crippen LogP) is 3.24. The van der Waals surface area contributed by atoms with E-state index in [1.165, 1.54) is 17.0 Å².